The van der Waals surface area contributed by atoms with Gasteiger partial charge in [0.15, 0.2) is 5.69 Å². The Bertz CT molecular complexity index is 597. The van der Waals surface area contributed by atoms with Crippen molar-refractivity contribution >= 4 is 5.91 Å². The van der Waals surface area contributed by atoms with Crippen molar-refractivity contribution in [3.05, 3.63) is 17.0 Å². The number of ether oxygens (including phenoxy) is 1. The first-order chi connectivity index (χ1) is 10.7. The molecule has 1 amide bonds. The number of nitrogens with one attached hydrogen (secondary N) is 1. The van der Waals surface area contributed by atoms with Crippen LogP contribution in [0.5, 0.6) is 0 Å². The molecule has 1 aromatic rings. The lowest BCUT2D eigenvalue weighted by atomic mass is 9.67. The van der Waals surface area contributed by atoms with Crippen LogP contribution in [-0.4, -0.2) is 39.2 Å². The lowest BCUT2D eigenvalue weighted by Gasteiger charge is -2.49. The number of H-pyrrole nitrogens is 1. The SMILES string of the molecule is CC(C)N(C(=O)c1n[nH]c2c1C[C@H](C)O[C@@H]2C)C1CC(C)(C)C1. The van der Waals surface area contributed by atoms with Crippen LogP contribution >= 0.6 is 0 Å². The third-order valence-electron chi connectivity index (χ3n) is 5.20. The van der Waals surface area contributed by atoms with Crippen molar-refractivity contribution in [3.8, 4) is 0 Å². The van der Waals surface area contributed by atoms with Crippen molar-refractivity contribution in [2.45, 2.75) is 85.1 Å². The summed E-state index contributed by atoms with van der Waals surface area (Å²) in [6.45, 7) is 12.8. The third-order valence-corrected chi connectivity index (χ3v) is 5.20. The summed E-state index contributed by atoms with van der Waals surface area (Å²) in [5.41, 5.74) is 2.95. The first-order valence-corrected chi connectivity index (χ1v) is 8.75. The van der Waals surface area contributed by atoms with E-state index in [1.165, 1.54) is 0 Å². The summed E-state index contributed by atoms with van der Waals surface area (Å²) in [5, 5.41) is 7.41. The first kappa shape index (κ1) is 16.5. The highest BCUT2D eigenvalue weighted by Gasteiger charge is 2.43. The molecule has 1 N–H and O–H groups in total. The molecule has 2 atom stereocenters. The fourth-order valence-corrected chi connectivity index (χ4v) is 4.21. The van der Waals surface area contributed by atoms with Crippen LogP contribution in [0, 0.1) is 5.41 Å². The molecule has 1 aliphatic carbocycles. The molecule has 23 heavy (non-hydrogen) atoms. The van der Waals surface area contributed by atoms with Gasteiger partial charge in [0, 0.05) is 24.1 Å². The molecule has 2 heterocycles. The number of nitrogens with zero attached hydrogens (tertiary/aromatic N) is 2. The van der Waals surface area contributed by atoms with Crippen molar-refractivity contribution < 1.29 is 9.53 Å². The molecule has 128 valence electrons. The zero-order valence-electron chi connectivity index (χ0n) is 15.1. The minimum atomic E-state index is -0.0297. The zero-order valence-corrected chi connectivity index (χ0v) is 15.1. The van der Waals surface area contributed by atoms with Crippen LogP contribution < -0.4 is 0 Å². The van der Waals surface area contributed by atoms with Gasteiger partial charge in [0.1, 0.15) is 0 Å². The summed E-state index contributed by atoms with van der Waals surface area (Å²) >= 11 is 0. The van der Waals surface area contributed by atoms with Gasteiger partial charge in [0.25, 0.3) is 5.91 Å². The predicted octanol–water partition coefficient (Wildman–Crippen LogP) is 3.47. The zero-order chi connectivity index (χ0) is 16.9. The fraction of sp³-hybridized carbons (Fsp3) is 0.778. The highest BCUT2D eigenvalue weighted by atomic mass is 16.5. The van der Waals surface area contributed by atoms with Gasteiger partial charge in [0.2, 0.25) is 0 Å². The van der Waals surface area contributed by atoms with Gasteiger partial charge in [-0.3, -0.25) is 9.89 Å². The Morgan fingerprint density at radius 2 is 2.00 bits per heavy atom. The molecule has 5 heteroatoms. The second-order valence-corrected chi connectivity index (χ2v) is 8.29. The molecule has 1 saturated carbocycles. The number of amides is 1. The van der Waals surface area contributed by atoms with Gasteiger partial charge in [0.05, 0.1) is 17.9 Å². The Labute approximate surface area is 138 Å². The van der Waals surface area contributed by atoms with E-state index in [4.69, 9.17) is 4.74 Å². The average Bonchev–Trinajstić information content (AvgIpc) is 2.80. The highest BCUT2D eigenvalue weighted by molar-refractivity contribution is 5.94. The summed E-state index contributed by atoms with van der Waals surface area (Å²) in [6, 6.07) is 0.519. The number of hydrogen-bond acceptors (Lipinski definition) is 3. The monoisotopic (exact) mass is 319 g/mol. The number of rotatable bonds is 3. The molecule has 0 spiro atoms. The third kappa shape index (κ3) is 2.91. The van der Waals surface area contributed by atoms with Crippen LogP contribution in [0.2, 0.25) is 0 Å². The van der Waals surface area contributed by atoms with Crippen molar-refractivity contribution in [1.82, 2.24) is 15.1 Å². The lowest BCUT2D eigenvalue weighted by molar-refractivity contribution is -0.00735. The van der Waals surface area contributed by atoms with Crippen molar-refractivity contribution in [2.24, 2.45) is 5.41 Å². The molecule has 0 bridgehead atoms. The van der Waals surface area contributed by atoms with E-state index in [-0.39, 0.29) is 24.2 Å². The van der Waals surface area contributed by atoms with Crippen LogP contribution in [0.25, 0.3) is 0 Å². The molecule has 2 aliphatic rings. The average molecular weight is 319 g/mol. The molecule has 0 saturated heterocycles. The van der Waals surface area contributed by atoms with Crippen LogP contribution in [0.4, 0.5) is 0 Å². The second kappa shape index (κ2) is 5.62. The van der Waals surface area contributed by atoms with Gasteiger partial charge in [-0.05, 0) is 46.0 Å². The predicted molar refractivity (Wildman–Crippen MR) is 89.4 cm³/mol. The number of hydrogen-bond donors (Lipinski definition) is 1. The van der Waals surface area contributed by atoms with E-state index >= 15 is 0 Å². The lowest BCUT2D eigenvalue weighted by Crippen LogP contribution is -2.54. The molecule has 0 aromatic carbocycles. The van der Waals surface area contributed by atoms with Gasteiger partial charge >= 0.3 is 0 Å². The van der Waals surface area contributed by atoms with Crippen LogP contribution in [0.1, 0.15) is 82.2 Å². The van der Waals surface area contributed by atoms with Gasteiger partial charge in [-0.1, -0.05) is 13.8 Å². The van der Waals surface area contributed by atoms with Crippen molar-refractivity contribution in [1.29, 1.82) is 0 Å². The van der Waals surface area contributed by atoms with E-state index in [0.717, 1.165) is 30.5 Å². The van der Waals surface area contributed by atoms with E-state index in [1.54, 1.807) is 0 Å². The number of aromatic amines is 1. The van der Waals surface area contributed by atoms with E-state index in [2.05, 4.69) is 44.8 Å². The normalized spacial score (nSPS) is 26.7. The van der Waals surface area contributed by atoms with Gasteiger partial charge in [-0.25, -0.2) is 0 Å². The Morgan fingerprint density at radius 3 is 2.57 bits per heavy atom. The Kier molecular flexibility index (Phi) is 4.03. The van der Waals surface area contributed by atoms with Crippen LogP contribution in [0.15, 0.2) is 0 Å². The summed E-state index contributed by atoms with van der Waals surface area (Å²) in [5.74, 6) is 0.0688. The van der Waals surface area contributed by atoms with Gasteiger partial charge < -0.3 is 9.64 Å². The Balaban J connectivity index is 1.87. The molecular formula is C18H29N3O2. The van der Waals surface area contributed by atoms with Gasteiger partial charge in [-0.2, -0.15) is 5.10 Å². The Hall–Kier alpha value is -1.36. The number of carbonyl (C=O) groups excluding carboxylic acids is 1. The summed E-state index contributed by atoms with van der Waals surface area (Å²) < 4.78 is 5.82. The smallest absolute Gasteiger partial charge is 0.275 e. The van der Waals surface area contributed by atoms with Crippen molar-refractivity contribution in [2.75, 3.05) is 0 Å². The standard InChI is InChI=1S/C18H29N3O2/c1-10(2)21(13-8-18(5,6)9-13)17(22)16-14-7-11(3)23-12(4)15(14)19-20-16/h10-13H,7-9H2,1-6H3,(H,19,20)/t11-,12+/m0/s1. The molecule has 0 radical (unpaired) electrons. The van der Waals surface area contributed by atoms with E-state index in [9.17, 15) is 4.79 Å². The van der Waals surface area contributed by atoms with Crippen LogP contribution in [-0.2, 0) is 11.2 Å². The highest BCUT2D eigenvalue weighted by Crippen LogP contribution is 2.44. The second-order valence-electron chi connectivity index (χ2n) is 8.29. The molecule has 1 aliphatic heterocycles. The molecule has 1 aromatic heterocycles. The molecular weight excluding hydrogens is 290 g/mol. The van der Waals surface area contributed by atoms with Crippen LogP contribution in [0.3, 0.4) is 0 Å². The number of aromatic nitrogens is 2. The minimum absolute atomic E-state index is 0.0297. The summed E-state index contributed by atoms with van der Waals surface area (Å²) in [6.07, 6.45) is 2.98. The molecule has 1 fully saturated rings. The summed E-state index contributed by atoms with van der Waals surface area (Å²) in [4.78, 5) is 15.2. The maximum absolute atomic E-state index is 13.2. The Morgan fingerprint density at radius 1 is 1.35 bits per heavy atom. The van der Waals surface area contributed by atoms with E-state index in [0.29, 0.717) is 17.2 Å². The fourth-order valence-electron chi connectivity index (χ4n) is 4.21. The minimum Gasteiger partial charge on any atom is -0.369 e. The first-order valence-electron chi connectivity index (χ1n) is 8.75. The maximum Gasteiger partial charge on any atom is 0.275 e. The quantitative estimate of drug-likeness (QED) is 0.928. The molecule has 0 unspecified atom stereocenters. The number of carbonyl (C=O) groups is 1. The molecule has 3 rings (SSSR count). The van der Waals surface area contributed by atoms with Crippen molar-refractivity contribution in [3.63, 3.8) is 0 Å². The number of fused-ring (bicyclic) bond motifs is 1. The van der Waals surface area contributed by atoms with E-state index in [1.807, 2.05) is 11.8 Å². The van der Waals surface area contributed by atoms with Gasteiger partial charge in [-0.15, -0.1) is 0 Å². The molecule has 5 nitrogen and oxygen atoms in total. The summed E-state index contributed by atoms with van der Waals surface area (Å²) in [7, 11) is 0. The largest absolute Gasteiger partial charge is 0.369 e. The van der Waals surface area contributed by atoms with E-state index < -0.39 is 0 Å². The maximum atomic E-state index is 13.2. The topological polar surface area (TPSA) is 58.2 Å².